The maximum atomic E-state index is 6.06. The van der Waals surface area contributed by atoms with Crippen LogP contribution in [0.5, 0.6) is 0 Å². The van der Waals surface area contributed by atoms with Crippen molar-refractivity contribution in [3.8, 4) is 0 Å². The van der Waals surface area contributed by atoms with Crippen molar-refractivity contribution in [2.24, 2.45) is 17.8 Å². The van der Waals surface area contributed by atoms with Crippen molar-refractivity contribution in [1.82, 2.24) is 0 Å². The highest BCUT2D eigenvalue weighted by Crippen LogP contribution is 2.33. The Labute approximate surface area is 106 Å². The molecule has 1 fully saturated rings. The van der Waals surface area contributed by atoms with Crippen molar-refractivity contribution < 1.29 is 4.74 Å². The molecule has 0 amide bonds. The van der Waals surface area contributed by atoms with Gasteiger partial charge in [-0.15, -0.1) is 11.6 Å². The minimum atomic E-state index is 0.697. The van der Waals surface area contributed by atoms with Gasteiger partial charge < -0.3 is 4.74 Å². The molecule has 0 aromatic carbocycles. The van der Waals surface area contributed by atoms with Crippen LogP contribution in [0.2, 0.25) is 0 Å². The van der Waals surface area contributed by atoms with Gasteiger partial charge in [-0.25, -0.2) is 0 Å². The number of ether oxygens (including phenoxy) is 1. The third-order valence-corrected chi connectivity index (χ3v) is 4.13. The van der Waals surface area contributed by atoms with Gasteiger partial charge in [0.15, 0.2) is 0 Å². The average molecular weight is 247 g/mol. The lowest BCUT2D eigenvalue weighted by atomic mass is 9.90. The fraction of sp³-hybridized carbons (Fsp3) is 1.00. The largest absolute Gasteiger partial charge is 0.381 e. The van der Waals surface area contributed by atoms with Crippen molar-refractivity contribution in [2.75, 3.05) is 19.1 Å². The molecule has 0 aliphatic heterocycles. The van der Waals surface area contributed by atoms with E-state index in [1.807, 2.05) is 0 Å². The Morgan fingerprint density at radius 1 is 1.12 bits per heavy atom. The van der Waals surface area contributed by atoms with E-state index in [2.05, 4.69) is 13.8 Å². The van der Waals surface area contributed by atoms with E-state index in [1.165, 1.54) is 32.1 Å². The molecule has 2 heteroatoms. The second kappa shape index (κ2) is 8.36. The lowest BCUT2D eigenvalue weighted by molar-refractivity contribution is 0.105. The van der Waals surface area contributed by atoms with Crippen LogP contribution in [0.15, 0.2) is 0 Å². The molecule has 0 aromatic heterocycles. The van der Waals surface area contributed by atoms with Gasteiger partial charge in [-0.2, -0.15) is 0 Å². The summed E-state index contributed by atoms with van der Waals surface area (Å²) in [7, 11) is 0. The second-order valence-electron chi connectivity index (χ2n) is 5.54. The summed E-state index contributed by atoms with van der Waals surface area (Å²) >= 11 is 6.06. The molecule has 96 valence electrons. The van der Waals surface area contributed by atoms with Gasteiger partial charge in [0, 0.05) is 19.1 Å². The van der Waals surface area contributed by atoms with Gasteiger partial charge in [-0.05, 0) is 30.6 Å². The van der Waals surface area contributed by atoms with E-state index in [4.69, 9.17) is 16.3 Å². The maximum Gasteiger partial charge on any atom is 0.0469 e. The molecule has 1 aliphatic rings. The summed E-state index contributed by atoms with van der Waals surface area (Å²) in [4.78, 5) is 0. The molecule has 0 spiro atoms. The first-order valence-corrected chi connectivity index (χ1v) is 7.41. The summed E-state index contributed by atoms with van der Waals surface area (Å²) in [5.41, 5.74) is 0. The van der Waals surface area contributed by atoms with Crippen molar-refractivity contribution in [3.05, 3.63) is 0 Å². The van der Waals surface area contributed by atoms with Crippen LogP contribution in [0, 0.1) is 17.8 Å². The third kappa shape index (κ3) is 5.54. The van der Waals surface area contributed by atoms with Crippen LogP contribution in [0.4, 0.5) is 0 Å². The van der Waals surface area contributed by atoms with E-state index in [0.29, 0.717) is 5.92 Å². The molecule has 1 aliphatic carbocycles. The summed E-state index contributed by atoms with van der Waals surface area (Å²) in [6.07, 6.45) is 7.94. The Kier molecular flexibility index (Phi) is 7.47. The van der Waals surface area contributed by atoms with Gasteiger partial charge in [0.05, 0.1) is 0 Å². The van der Waals surface area contributed by atoms with Gasteiger partial charge >= 0.3 is 0 Å². The number of hydrogen-bond donors (Lipinski definition) is 0. The van der Waals surface area contributed by atoms with Gasteiger partial charge in [0.1, 0.15) is 0 Å². The Balaban J connectivity index is 2.04. The molecule has 0 aromatic rings. The van der Waals surface area contributed by atoms with Gasteiger partial charge in [0.25, 0.3) is 0 Å². The number of alkyl halides is 1. The highest BCUT2D eigenvalue weighted by Gasteiger charge is 2.23. The molecule has 0 bridgehead atoms. The summed E-state index contributed by atoms with van der Waals surface area (Å²) in [5, 5.41) is 0. The maximum absolute atomic E-state index is 6.06. The molecule has 0 saturated heterocycles. The minimum absolute atomic E-state index is 0.697. The average Bonchev–Trinajstić information content (AvgIpc) is 2.76. The Hall–Kier alpha value is 0.250. The van der Waals surface area contributed by atoms with Gasteiger partial charge in [-0.1, -0.05) is 39.5 Å². The molecule has 1 saturated carbocycles. The number of rotatable bonds is 8. The van der Waals surface area contributed by atoms with E-state index in [9.17, 15) is 0 Å². The molecular formula is C14H27ClO. The van der Waals surface area contributed by atoms with Gasteiger partial charge in [-0.3, -0.25) is 0 Å². The molecule has 0 radical (unpaired) electrons. The first kappa shape index (κ1) is 14.3. The fourth-order valence-corrected chi connectivity index (χ4v) is 2.93. The predicted octanol–water partition coefficient (Wildman–Crippen LogP) is 4.48. The molecule has 1 unspecified atom stereocenters. The van der Waals surface area contributed by atoms with Crippen LogP contribution < -0.4 is 0 Å². The number of halogens is 1. The molecule has 0 N–H and O–H groups in total. The van der Waals surface area contributed by atoms with E-state index >= 15 is 0 Å². The minimum Gasteiger partial charge on any atom is -0.381 e. The van der Waals surface area contributed by atoms with Crippen molar-refractivity contribution in [3.63, 3.8) is 0 Å². The molecular weight excluding hydrogens is 220 g/mol. The lowest BCUT2D eigenvalue weighted by Gasteiger charge is -2.20. The highest BCUT2D eigenvalue weighted by molar-refractivity contribution is 6.18. The summed E-state index contributed by atoms with van der Waals surface area (Å²) in [5.74, 6) is 3.14. The van der Waals surface area contributed by atoms with E-state index in [1.54, 1.807) is 0 Å². The molecule has 0 heterocycles. The van der Waals surface area contributed by atoms with Crippen LogP contribution in [0.25, 0.3) is 0 Å². The van der Waals surface area contributed by atoms with Crippen molar-refractivity contribution in [1.29, 1.82) is 0 Å². The van der Waals surface area contributed by atoms with E-state index in [0.717, 1.165) is 37.4 Å². The zero-order chi connectivity index (χ0) is 11.8. The second-order valence-corrected chi connectivity index (χ2v) is 5.85. The monoisotopic (exact) mass is 246 g/mol. The van der Waals surface area contributed by atoms with Crippen molar-refractivity contribution >= 4 is 11.6 Å². The normalized spacial score (nSPS) is 19.5. The summed E-state index contributed by atoms with van der Waals surface area (Å²) in [6, 6.07) is 0. The molecule has 1 rings (SSSR count). The molecule has 16 heavy (non-hydrogen) atoms. The lowest BCUT2D eigenvalue weighted by Crippen LogP contribution is -2.16. The Morgan fingerprint density at radius 3 is 2.31 bits per heavy atom. The topological polar surface area (TPSA) is 9.23 Å². The quantitative estimate of drug-likeness (QED) is 0.453. The van der Waals surface area contributed by atoms with E-state index < -0.39 is 0 Å². The zero-order valence-corrected chi connectivity index (χ0v) is 11.6. The van der Waals surface area contributed by atoms with Crippen molar-refractivity contribution in [2.45, 2.75) is 52.4 Å². The summed E-state index contributed by atoms with van der Waals surface area (Å²) < 4.78 is 5.68. The molecule has 1 atom stereocenters. The third-order valence-electron chi connectivity index (χ3n) is 3.74. The summed E-state index contributed by atoms with van der Waals surface area (Å²) in [6.45, 7) is 6.30. The predicted molar refractivity (Wildman–Crippen MR) is 71.1 cm³/mol. The van der Waals surface area contributed by atoms with Crippen LogP contribution in [0.1, 0.15) is 52.4 Å². The zero-order valence-electron chi connectivity index (χ0n) is 10.9. The SMILES string of the molecule is CC(C)CCOCCC(CCl)C1CCCC1. The van der Waals surface area contributed by atoms with Crippen LogP contribution in [-0.4, -0.2) is 19.1 Å². The Bertz CT molecular complexity index is 164. The van der Waals surface area contributed by atoms with Crippen LogP contribution in [-0.2, 0) is 4.74 Å². The van der Waals surface area contributed by atoms with Crippen LogP contribution in [0.3, 0.4) is 0 Å². The van der Waals surface area contributed by atoms with Gasteiger partial charge in [0.2, 0.25) is 0 Å². The Morgan fingerprint density at radius 2 is 1.75 bits per heavy atom. The number of hydrogen-bond acceptors (Lipinski definition) is 1. The smallest absolute Gasteiger partial charge is 0.0469 e. The fourth-order valence-electron chi connectivity index (χ4n) is 2.52. The van der Waals surface area contributed by atoms with E-state index in [-0.39, 0.29) is 0 Å². The highest BCUT2D eigenvalue weighted by atomic mass is 35.5. The standard InChI is InChI=1S/C14H27ClO/c1-12(2)7-9-16-10-8-14(11-15)13-5-3-4-6-13/h12-14H,3-11H2,1-2H3. The molecule has 1 nitrogen and oxygen atoms in total. The van der Waals surface area contributed by atoms with Crippen LogP contribution >= 0.6 is 11.6 Å². The first-order chi connectivity index (χ1) is 7.74. The first-order valence-electron chi connectivity index (χ1n) is 6.87.